The number of amides is 4. The van der Waals surface area contributed by atoms with Gasteiger partial charge < -0.3 is 50.0 Å². The van der Waals surface area contributed by atoms with Crippen molar-refractivity contribution in [3.8, 4) is 0 Å². The summed E-state index contributed by atoms with van der Waals surface area (Å²) in [7, 11) is -9.48. The number of carbonyl (C=O) groups excluding carboxylic acids is 6. The first kappa shape index (κ1) is 109. The van der Waals surface area contributed by atoms with Crippen LogP contribution in [0, 0.1) is 0 Å². The molecule has 0 aliphatic heterocycles. The van der Waals surface area contributed by atoms with Crippen molar-refractivity contribution in [2.75, 3.05) is 65.9 Å². The fourth-order valence-corrected chi connectivity index (χ4v) is 14.8. The molecule has 0 spiro atoms. The van der Waals surface area contributed by atoms with E-state index in [0.29, 0.717) is 64.2 Å². The van der Waals surface area contributed by atoms with Gasteiger partial charge >= 0.3 is 27.6 Å². The smallest absolute Gasteiger partial charge is 0.462 e. The third-order valence-corrected chi connectivity index (χ3v) is 22.2. The van der Waals surface area contributed by atoms with E-state index in [4.69, 9.17) is 37.0 Å². The largest absolute Gasteiger partial charge is 0.472 e. The molecule has 4 amide bonds. The number of hydrogen-bond acceptors (Lipinski definition) is 16. The molecule has 6 atom stereocenters. The van der Waals surface area contributed by atoms with Crippen LogP contribution in [0.2, 0.25) is 0 Å². The van der Waals surface area contributed by atoms with Crippen molar-refractivity contribution in [2.45, 2.75) is 445 Å². The molecule has 0 bridgehead atoms. The lowest BCUT2D eigenvalue weighted by atomic mass is 10.0. The number of phosphoric acid groups is 2. The third kappa shape index (κ3) is 79.3. The average Bonchev–Trinajstić information content (AvgIpc) is 0.911. The SMILES string of the molecule is CCCCCCC=CCCCC(=O)OC(CCCCCCC)CCOCC(COP(=O)(O)OCCNC(=O)CC(=O)NCCOP(=O)(O)OCC(COCCC(CCCCCCC)OC(=O)CCCC=CCCCCCC)NC(=O)CCCCCCCCCCCCCCC)NC(=O)CCCCCCCCCCCCCCC. The minimum atomic E-state index is -4.74. The van der Waals surface area contributed by atoms with E-state index >= 15 is 0 Å². The van der Waals surface area contributed by atoms with Crippen LogP contribution in [0.5, 0.6) is 0 Å². The van der Waals surface area contributed by atoms with Crippen molar-refractivity contribution in [1.82, 2.24) is 21.3 Å². The summed E-state index contributed by atoms with van der Waals surface area (Å²) in [6, 6.07) is -1.65. The zero-order valence-electron chi connectivity index (χ0n) is 72.7. The maximum absolute atomic E-state index is 13.3. The molecule has 0 aliphatic carbocycles. The number of unbranched alkanes of at least 4 members (excludes halogenated alkanes) is 42. The van der Waals surface area contributed by atoms with E-state index in [0.717, 1.165) is 128 Å². The Morgan fingerprint density at radius 2 is 0.575 bits per heavy atom. The van der Waals surface area contributed by atoms with E-state index in [1.165, 1.54) is 167 Å². The molecular weight excluding hydrogens is 1470 g/mol. The Hall–Kier alpha value is -3.56. The van der Waals surface area contributed by atoms with Crippen LogP contribution in [0.3, 0.4) is 0 Å². The van der Waals surface area contributed by atoms with E-state index in [9.17, 15) is 47.7 Å². The predicted molar refractivity (Wildman–Crippen MR) is 459 cm³/mol. The van der Waals surface area contributed by atoms with Crippen molar-refractivity contribution in [1.29, 1.82) is 0 Å². The van der Waals surface area contributed by atoms with E-state index < -0.39 is 72.4 Å². The molecule has 664 valence electrons. The van der Waals surface area contributed by atoms with Crippen LogP contribution in [-0.2, 0) is 74.9 Å². The van der Waals surface area contributed by atoms with Gasteiger partial charge in [-0.2, -0.15) is 0 Å². The van der Waals surface area contributed by atoms with Gasteiger partial charge in [-0.1, -0.05) is 310 Å². The Morgan fingerprint density at radius 3 is 0.885 bits per heavy atom. The van der Waals surface area contributed by atoms with Crippen LogP contribution >= 0.6 is 15.6 Å². The van der Waals surface area contributed by atoms with Crippen molar-refractivity contribution in [2.24, 2.45) is 0 Å². The molecule has 24 heteroatoms. The van der Waals surface area contributed by atoms with Crippen molar-refractivity contribution in [3.63, 3.8) is 0 Å². The number of esters is 2. The molecule has 113 heavy (non-hydrogen) atoms. The van der Waals surface area contributed by atoms with Crippen molar-refractivity contribution in [3.05, 3.63) is 24.3 Å². The summed E-state index contributed by atoms with van der Waals surface area (Å²) in [5, 5.41) is 10.7. The van der Waals surface area contributed by atoms with E-state index in [-0.39, 0.29) is 88.3 Å². The molecule has 0 heterocycles. The number of hydrogen-bond donors (Lipinski definition) is 6. The van der Waals surface area contributed by atoms with Crippen LogP contribution < -0.4 is 21.3 Å². The molecule has 0 saturated heterocycles. The van der Waals surface area contributed by atoms with Gasteiger partial charge in [0.15, 0.2) is 0 Å². The highest BCUT2D eigenvalue weighted by molar-refractivity contribution is 7.47. The summed E-state index contributed by atoms with van der Waals surface area (Å²) in [5.74, 6) is -2.44. The number of allylic oxidation sites excluding steroid dienone is 4. The number of rotatable bonds is 88. The van der Waals surface area contributed by atoms with Gasteiger partial charge in [-0.05, 0) is 89.9 Å². The lowest BCUT2D eigenvalue weighted by Crippen LogP contribution is -2.41. The monoisotopic (exact) mass is 1650 g/mol. The van der Waals surface area contributed by atoms with Gasteiger partial charge in [0.05, 0.1) is 64.9 Å². The minimum absolute atomic E-state index is 0.0531. The Kier molecular flexibility index (Phi) is 79.6. The summed E-state index contributed by atoms with van der Waals surface area (Å²) in [6.45, 7) is 11.2. The zero-order chi connectivity index (χ0) is 82.9. The van der Waals surface area contributed by atoms with E-state index in [2.05, 4.69) is 87.1 Å². The summed E-state index contributed by atoms with van der Waals surface area (Å²) < 4.78 is 71.6. The Morgan fingerprint density at radius 1 is 0.301 bits per heavy atom. The third-order valence-electron chi connectivity index (χ3n) is 20.2. The Balaban J connectivity index is 5.58. The zero-order valence-corrected chi connectivity index (χ0v) is 74.5. The maximum atomic E-state index is 13.3. The predicted octanol–water partition coefficient (Wildman–Crippen LogP) is 22.6. The van der Waals surface area contributed by atoms with E-state index in [1.807, 2.05) is 0 Å². The van der Waals surface area contributed by atoms with Gasteiger partial charge in [-0.15, -0.1) is 0 Å². The highest BCUT2D eigenvalue weighted by Crippen LogP contribution is 2.44. The second-order valence-electron chi connectivity index (χ2n) is 31.4. The molecule has 0 aliphatic rings. The van der Waals surface area contributed by atoms with Crippen LogP contribution in [0.4, 0.5) is 0 Å². The van der Waals surface area contributed by atoms with Gasteiger partial charge in [-0.25, -0.2) is 9.13 Å². The molecule has 0 aromatic carbocycles. The fraction of sp³-hybridized carbons (Fsp3) is 0.888. The van der Waals surface area contributed by atoms with Gasteiger partial charge in [0.2, 0.25) is 23.6 Å². The molecule has 0 saturated carbocycles. The van der Waals surface area contributed by atoms with Gasteiger partial charge in [0, 0.05) is 51.6 Å². The Labute approximate surface area is 688 Å². The Bertz CT molecular complexity index is 2230. The molecule has 0 aromatic heterocycles. The number of ether oxygens (including phenoxy) is 4. The van der Waals surface area contributed by atoms with Crippen LogP contribution in [-0.4, -0.2) is 136 Å². The quantitative estimate of drug-likeness (QED) is 0.0108. The number of carbonyl (C=O) groups is 6. The first-order valence-electron chi connectivity index (χ1n) is 46.1. The molecular formula is C89H170N4O18P2. The van der Waals surface area contributed by atoms with E-state index in [1.54, 1.807) is 0 Å². The number of phosphoric ester groups is 2. The second kappa shape index (κ2) is 82.2. The minimum Gasteiger partial charge on any atom is -0.462 e. The number of nitrogens with one attached hydrogen (secondary N) is 4. The molecule has 0 radical (unpaired) electrons. The lowest BCUT2D eigenvalue weighted by molar-refractivity contribution is -0.151. The van der Waals surface area contributed by atoms with Crippen molar-refractivity contribution < 1.29 is 84.7 Å². The molecule has 6 unspecified atom stereocenters. The average molecular weight is 1650 g/mol. The summed E-state index contributed by atoms with van der Waals surface area (Å²) in [6.07, 6.45) is 66.8. The first-order valence-corrected chi connectivity index (χ1v) is 49.1. The molecule has 0 rings (SSSR count). The molecule has 0 aromatic rings. The topological polar surface area (TPSA) is 299 Å². The summed E-state index contributed by atoms with van der Waals surface area (Å²) in [4.78, 5) is 99.7. The summed E-state index contributed by atoms with van der Waals surface area (Å²) >= 11 is 0. The second-order valence-corrected chi connectivity index (χ2v) is 34.3. The lowest BCUT2D eigenvalue weighted by Gasteiger charge is -2.22. The highest BCUT2D eigenvalue weighted by Gasteiger charge is 2.27. The van der Waals surface area contributed by atoms with Crippen LogP contribution in [0.1, 0.15) is 420 Å². The first-order chi connectivity index (χ1) is 54.9. The fourth-order valence-electron chi connectivity index (χ4n) is 13.3. The highest BCUT2D eigenvalue weighted by atomic mass is 31.2. The summed E-state index contributed by atoms with van der Waals surface area (Å²) in [5.41, 5.74) is 0. The van der Waals surface area contributed by atoms with Gasteiger partial charge in [-0.3, -0.25) is 46.9 Å². The standard InChI is InChI=1S/C89H170N4O18P2/c1-7-13-19-25-29-33-35-37-39-43-45-51-57-63-84(94)92-80(76-104-71-67-82(61-55-49-23-17-11-5)110-88(98)65-59-53-47-41-31-27-21-15-9-3)78-108-112(100,101)106-73-69-90-86(96)75-87(97)91-70-74-107-113(102,103)109-79-81(93-85(95)64-58-52-46-44-40-38-36-34-30-26-20-14-8-2)77-105-72-68-83(62-56-50-24-18-12-6)111-89(99)66-60-54-48-42-32-28-22-16-10-4/h41-42,47-48,80-83H,7-40,43-46,49-79H2,1-6H3,(H,90,96)(H,91,97)(H,92,94)(H,93,95)(H,100,101)(H,102,103). The molecule has 0 fully saturated rings. The van der Waals surface area contributed by atoms with Crippen LogP contribution in [0.15, 0.2) is 24.3 Å². The van der Waals surface area contributed by atoms with Crippen LogP contribution in [0.25, 0.3) is 0 Å². The molecule has 22 nitrogen and oxygen atoms in total. The van der Waals surface area contributed by atoms with Gasteiger partial charge in [0.1, 0.15) is 18.6 Å². The maximum Gasteiger partial charge on any atom is 0.472 e. The van der Waals surface area contributed by atoms with Gasteiger partial charge in [0.25, 0.3) is 0 Å². The normalized spacial score (nSPS) is 13.9. The molecule has 6 N–H and O–H groups in total. The van der Waals surface area contributed by atoms with Crippen molar-refractivity contribution >= 4 is 51.2 Å².